The van der Waals surface area contributed by atoms with Crippen LogP contribution in [0.25, 0.3) is 10.7 Å². The van der Waals surface area contributed by atoms with Gasteiger partial charge in [0, 0.05) is 12.2 Å². The van der Waals surface area contributed by atoms with Gasteiger partial charge < -0.3 is 5.32 Å². The van der Waals surface area contributed by atoms with Crippen LogP contribution in [0.3, 0.4) is 0 Å². The lowest BCUT2D eigenvalue weighted by molar-refractivity contribution is 0.0944. The van der Waals surface area contributed by atoms with Gasteiger partial charge in [-0.2, -0.15) is 0 Å². The normalized spacial score (nSPS) is 20.0. The second kappa shape index (κ2) is 5.77. The monoisotopic (exact) mass is 337 g/mol. The Balaban J connectivity index is 1.78. The van der Waals surface area contributed by atoms with Crippen molar-refractivity contribution in [1.82, 2.24) is 15.3 Å². The van der Waals surface area contributed by atoms with Crippen LogP contribution in [0, 0.1) is 6.92 Å². The van der Waals surface area contributed by atoms with Gasteiger partial charge in [-0.3, -0.25) is 9.78 Å². The molecule has 8 heteroatoms. The molecule has 0 radical (unpaired) electrons. The molecule has 0 spiro atoms. The SMILES string of the molecule is Cc1nc(-c2ccccn2)sc1C(=O)NC1CCS(=O)(=O)C1. The Hall–Kier alpha value is -1.80. The van der Waals surface area contributed by atoms with Crippen LogP contribution in [-0.2, 0) is 9.84 Å². The number of rotatable bonds is 3. The van der Waals surface area contributed by atoms with Gasteiger partial charge in [0.05, 0.1) is 22.9 Å². The van der Waals surface area contributed by atoms with Gasteiger partial charge in [-0.25, -0.2) is 13.4 Å². The number of carbonyl (C=O) groups is 1. The molecular weight excluding hydrogens is 322 g/mol. The number of carbonyl (C=O) groups excluding carboxylic acids is 1. The van der Waals surface area contributed by atoms with Crippen molar-refractivity contribution < 1.29 is 13.2 Å². The molecule has 1 unspecified atom stereocenters. The third-order valence-corrected chi connectivity index (χ3v) is 6.40. The summed E-state index contributed by atoms with van der Waals surface area (Å²) in [6.07, 6.45) is 2.15. The predicted octanol–water partition coefficient (Wildman–Crippen LogP) is 1.43. The Kier molecular flexibility index (Phi) is 3.96. The van der Waals surface area contributed by atoms with E-state index in [1.54, 1.807) is 13.1 Å². The highest BCUT2D eigenvalue weighted by Gasteiger charge is 2.30. The quantitative estimate of drug-likeness (QED) is 0.915. The zero-order valence-electron chi connectivity index (χ0n) is 11.9. The molecule has 22 heavy (non-hydrogen) atoms. The molecule has 0 bridgehead atoms. The van der Waals surface area contributed by atoms with Crippen molar-refractivity contribution in [3.63, 3.8) is 0 Å². The lowest BCUT2D eigenvalue weighted by Gasteiger charge is -2.09. The Morgan fingerprint density at radius 3 is 2.86 bits per heavy atom. The fourth-order valence-corrected chi connectivity index (χ4v) is 4.99. The van der Waals surface area contributed by atoms with Crippen molar-refractivity contribution in [2.24, 2.45) is 0 Å². The smallest absolute Gasteiger partial charge is 0.263 e. The van der Waals surface area contributed by atoms with Crippen LogP contribution in [0.2, 0.25) is 0 Å². The Morgan fingerprint density at radius 2 is 2.23 bits per heavy atom. The number of aryl methyl sites for hydroxylation is 1. The standard InChI is InChI=1S/C14H15N3O3S2/c1-9-12(13(18)17-10-5-7-22(19,20)8-10)21-14(16-9)11-4-2-3-6-15-11/h2-4,6,10H,5,7-8H2,1H3,(H,17,18). The van der Waals surface area contributed by atoms with Crippen molar-refractivity contribution in [3.8, 4) is 10.7 Å². The number of thiazole rings is 1. The molecule has 116 valence electrons. The summed E-state index contributed by atoms with van der Waals surface area (Å²) in [5.41, 5.74) is 1.35. The third kappa shape index (κ3) is 3.17. The lowest BCUT2D eigenvalue weighted by atomic mass is 10.2. The van der Waals surface area contributed by atoms with Gasteiger partial charge in [0.1, 0.15) is 9.88 Å². The summed E-state index contributed by atoms with van der Waals surface area (Å²) in [6, 6.07) is 5.21. The van der Waals surface area contributed by atoms with Gasteiger partial charge in [-0.15, -0.1) is 11.3 Å². The molecule has 3 heterocycles. The Bertz CT molecular complexity index is 800. The molecule has 1 amide bonds. The highest BCUT2D eigenvalue weighted by atomic mass is 32.2. The molecule has 1 saturated heterocycles. The highest BCUT2D eigenvalue weighted by molar-refractivity contribution is 7.91. The van der Waals surface area contributed by atoms with Crippen molar-refractivity contribution in [3.05, 3.63) is 35.0 Å². The molecule has 2 aromatic heterocycles. The first kappa shape index (κ1) is 15.1. The lowest BCUT2D eigenvalue weighted by Crippen LogP contribution is -2.35. The number of pyridine rings is 1. The zero-order chi connectivity index (χ0) is 15.7. The molecule has 2 aromatic rings. The molecule has 1 fully saturated rings. The molecule has 0 saturated carbocycles. The van der Waals surface area contributed by atoms with Gasteiger partial charge in [0.2, 0.25) is 0 Å². The van der Waals surface area contributed by atoms with E-state index in [4.69, 9.17) is 0 Å². The van der Waals surface area contributed by atoms with E-state index < -0.39 is 9.84 Å². The first-order chi connectivity index (χ1) is 10.4. The minimum Gasteiger partial charge on any atom is -0.347 e. The molecule has 3 rings (SSSR count). The molecule has 1 atom stereocenters. The van der Waals surface area contributed by atoms with Crippen molar-refractivity contribution in [1.29, 1.82) is 0 Å². The van der Waals surface area contributed by atoms with E-state index in [0.29, 0.717) is 22.0 Å². The minimum absolute atomic E-state index is 0.0175. The highest BCUT2D eigenvalue weighted by Crippen LogP contribution is 2.26. The molecule has 1 N–H and O–H groups in total. The number of nitrogens with one attached hydrogen (secondary N) is 1. The van der Waals surface area contributed by atoms with E-state index in [1.807, 2.05) is 18.2 Å². The van der Waals surface area contributed by atoms with E-state index in [-0.39, 0.29) is 23.5 Å². The van der Waals surface area contributed by atoms with E-state index in [9.17, 15) is 13.2 Å². The largest absolute Gasteiger partial charge is 0.347 e. The second-order valence-electron chi connectivity index (χ2n) is 5.22. The van der Waals surface area contributed by atoms with E-state index in [0.717, 1.165) is 5.69 Å². The predicted molar refractivity (Wildman–Crippen MR) is 84.6 cm³/mol. The summed E-state index contributed by atoms with van der Waals surface area (Å²) >= 11 is 1.27. The third-order valence-electron chi connectivity index (χ3n) is 3.45. The summed E-state index contributed by atoms with van der Waals surface area (Å²) in [6.45, 7) is 1.77. The molecule has 1 aliphatic rings. The van der Waals surface area contributed by atoms with Crippen LogP contribution in [-0.4, -0.2) is 41.8 Å². The molecule has 0 aromatic carbocycles. The summed E-state index contributed by atoms with van der Waals surface area (Å²) in [5, 5.41) is 3.47. The Labute approximate surface area is 132 Å². The average Bonchev–Trinajstić information content (AvgIpc) is 3.02. The fraction of sp³-hybridized carbons (Fsp3) is 0.357. The molecule has 6 nitrogen and oxygen atoms in total. The van der Waals surface area contributed by atoms with Crippen LogP contribution in [0.5, 0.6) is 0 Å². The number of amides is 1. The van der Waals surface area contributed by atoms with Crippen LogP contribution < -0.4 is 5.32 Å². The van der Waals surface area contributed by atoms with Gasteiger partial charge in [0.25, 0.3) is 5.91 Å². The van der Waals surface area contributed by atoms with Crippen molar-refractivity contribution in [2.45, 2.75) is 19.4 Å². The summed E-state index contributed by atoms with van der Waals surface area (Å²) in [4.78, 5) is 21.4. The summed E-state index contributed by atoms with van der Waals surface area (Å²) in [5.74, 6) is -0.109. The van der Waals surface area contributed by atoms with Crippen molar-refractivity contribution >= 4 is 27.1 Å². The van der Waals surface area contributed by atoms with Crippen molar-refractivity contribution in [2.75, 3.05) is 11.5 Å². The maximum atomic E-state index is 12.3. The number of hydrogen-bond acceptors (Lipinski definition) is 6. The number of aromatic nitrogens is 2. The summed E-state index contributed by atoms with van der Waals surface area (Å²) < 4.78 is 22.9. The maximum absolute atomic E-state index is 12.3. The van der Waals surface area contributed by atoms with Gasteiger partial charge in [-0.05, 0) is 25.5 Å². The summed E-state index contributed by atoms with van der Waals surface area (Å²) in [7, 11) is -3.01. The maximum Gasteiger partial charge on any atom is 0.263 e. The Morgan fingerprint density at radius 1 is 1.41 bits per heavy atom. The van der Waals surface area contributed by atoms with Gasteiger partial charge in [-0.1, -0.05) is 6.07 Å². The number of sulfone groups is 1. The fourth-order valence-electron chi connectivity index (χ4n) is 2.37. The van der Waals surface area contributed by atoms with Crippen LogP contribution >= 0.6 is 11.3 Å². The molecular formula is C14H15N3O3S2. The second-order valence-corrected chi connectivity index (χ2v) is 8.45. The van der Waals surface area contributed by atoms with Crippen LogP contribution in [0.4, 0.5) is 0 Å². The van der Waals surface area contributed by atoms with E-state index in [1.165, 1.54) is 11.3 Å². The molecule has 0 aliphatic carbocycles. The average molecular weight is 337 g/mol. The van der Waals surface area contributed by atoms with Crippen LogP contribution in [0.15, 0.2) is 24.4 Å². The number of nitrogens with zero attached hydrogens (tertiary/aromatic N) is 2. The first-order valence-electron chi connectivity index (χ1n) is 6.85. The van der Waals surface area contributed by atoms with E-state index >= 15 is 0 Å². The van der Waals surface area contributed by atoms with Crippen LogP contribution in [0.1, 0.15) is 21.8 Å². The number of hydrogen-bond donors (Lipinski definition) is 1. The van der Waals surface area contributed by atoms with Gasteiger partial charge in [0.15, 0.2) is 9.84 Å². The van der Waals surface area contributed by atoms with E-state index in [2.05, 4.69) is 15.3 Å². The minimum atomic E-state index is -3.01. The zero-order valence-corrected chi connectivity index (χ0v) is 13.6. The molecule has 1 aliphatic heterocycles. The first-order valence-corrected chi connectivity index (χ1v) is 9.48. The topological polar surface area (TPSA) is 89.0 Å². The van der Waals surface area contributed by atoms with Gasteiger partial charge >= 0.3 is 0 Å².